The zero-order valence-corrected chi connectivity index (χ0v) is 10.2. The number of nitrogen functional groups attached to an aromatic ring is 1. The first-order valence-electron chi connectivity index (χ1n) is 4.66. The molecule has 0 bridgehead atoms. The highest BCUT2D eigenvalue weighted by atomic mass is 35.5. The molecule has 3 nitrogen and oxygen atoms in total. The van der Waals surface area contributed by atoms with E-state index in [0.717, 1.165) is 12.1 Å². The van der Waals surface area contributed by atoms with Crippen molar-refractivity contribution in [2.24, 2.45) is 0 Å². The van der Waals surface area contributed by atoms with E-state index >= 15 is 0 Å². The van der Waals surface area contributed by atoms with Crippen LogP contribution in [-0.2, 0) is 6.18 Å². The summed E-state index contributed by atoms with van der Waals surface area (Å²) in [7, 11) is 0. The SMILES string of the molecule is Nc1cnc(-c2c(Cl)cc(C(F)(F)F)cc2Cl)[nH]1. The van der Waals surface area contributed by atoms with E-state index in [4.69, 9.17) is 28.9 Å². The van der Waals surface area contributed by atoms with Crippen LogP contribution in [0.15, 0.2) is 18.3 Å². The number of halogens is 5. The molecular formula is C10H6Cl2F3N3. The molecular weight excluding hydrogens is 290 g/mol. The summed E-state index contributed by atoms with van der Waals surface area (Å²) in [5, 5.41) is -0.298. The van der Waals surface area contributed by atoms with E-state index in [9.17, 15) is 13.2 Å². The van der Waals surface area contributed by atoms with Crippen LogP contribution in [0, 0.1) is 0 Å². The lowest BCUT2D eigenvalue weighted by molar-refractivity contribution is -0.137. The van der Waals surface area contributed by atoms with Gasteiger partial charge in [-0.2, -0.15) is 13.2 Å². The third-order valence-corrected chi connectivity index (χ3v) is 2.80. The summed E-state index contributed by atoms with van der Waals surface area (Å²) in [6.07, 6.45) is -3.19. The van der Waals surface area contributed by atoms with Crippen LogP contribution >= 0.6 is 23.2 Å². The quantitative estimate of drug-likeness (QED) is 0.836. The van der Waals surface area contributed by atoms with Gasteiger partial charge in [0.15, 0.2) is 0 Å². The highest BCUT2D eigenvalue weighted by molar-refractivity contribution is 6.39. The van der Waals surface area contributed by atoms with Gasteiger partial charge in [-0.25, -0.2) is 4.98 Å². The molecule has 0 saturated heterocycles. The van der Waals surface area contributed by atoms with Gasteiger partial charge in [0.05, 0.1) is 27.4 Å². The smallest absolute Gasteiger partial charge is 0.384 e. The van der Waals surface area contributed by atoms with Gasteiger partial charge in [0.2, 0.25) is 0 Å². The number of hydrogen-bond acceptors (Lipinski definition) is 2. The largest absolute Gasteiger partial charge is 0.416 e. The minimum atomic E-state index is -4.51. The highest BCUT2D eigenvalue weighted by Crippen LogP contribution is 2.39. The molecule has 2 aromatic rings. The number of nitrogens with zero attached hydrogens (tertiary/aromatic N) is 1. The van der Waals surface area contributed by atoms with E-state index in [1.165, 1.54) is 6.20 Å². The minimum Gasteiger partial charge on any atom is -0.384 e. The number of nitrogens with one attached hydrogen (secondary N) is 1. The van der Waals surface area contributed by atoms with Gasteiger partial charge >= 0.3 is 6.18 Å². The number of anilines is 1. The van der Waals surface area contributed by atoms with Crippen molar-refractivity contribution in [1.82, 2.24) is 9.97 Å². The summed E-state index contributed by atoms with van der Waals surface area (Å²) in [6.45, 7) is 0. The number of aromatic nitrogens is 2. The lowest BCUT2D eigenvalue weighted by Crippen LogP contribution is -2.05. The molecule has 0 amide bonds. The average Bonchev–Trinajstić information content (AvgIpc) is 2.62. The van der Waals surface area contributed by atoms with Crippen LogP contribution in [0.25, 0.3) is 11.4 Å². The molecule has 0 radical (unpaired) electrons. The van der Waals surface area contributed by atoms with Crippen LogP contribution in [0.4, 0.5) is 19.0 Å². The van der Waals surface area contributed by atoms with Gasteiger partial charge in [0.1, 0.15) is 11.6 Å². The highest BCUT2D eigenvalue weighted by Gasteiger charge is 2.32. The second-order valence-corrected chi connectivity index (χ2v) is 4.31. The zero-order chi connectivity index (χ0) is 13.5. The van der Waals surface area contributed by atoms with E-state index in [1.807, 2.05) is 0 Å². The summed E-state index contributed by atoms with van der Waals surface area (Å²) in [4.78, 5) is 6.52. The summed E-state index contributed by atoms with van der Waals surface area (Å²) in [5.74, 6) is 0.480. The van der Waals surface area contributed by atoms with Crippen molar-refractivity contribution >= 4 is 29.0 Å². The Morgan fingerprint density at radius 2 is 1.72 bits per heavy atom. The van der Waals surface area contributed by atoms with Gasteiger partial charge in [0.25, 0.3) is 0 Å². The van der Waals surface area contributed by atoms with Crippen molar-refractivity contribution in [3.8, 4) is 11.4 Å². The summed E-state index contributed by atoms with van der Waals surface area (Å²) >= 11 is 11.6. The van der Waals surface area contributed by atoms with Gasteiger partial charge < -0.3 is 10.7 Å². The Kier molecular flexibility index (Phi) is 3.16. The number of alkyl halides is 3. The van der Waals surface area contributed by atoms with E-state index in [2.05, 4.69) is 9.97 Å². The number of nitrogens with two attached hydrogens (primary N) is 1. The Bertz CT molecular complexity index is 569. The summed E-state index contributed by atoms with van der Waals surface area (Å²) < 4.78 is 37.6. The normalized spacial score (nSPS) is 11.8. The molecule has 2 rings (SSSR count). The Morgan fingerprint density at radius 1 is 1.17 bits per heavy atom. The van der Waals surface area contributed by atoms with E-state index in [-0.39, 0.29) is 27.3 Å². The molecule has 0 aliphatic rings. The molecule has 0 fully saturated rings. The van der Waals surface area contributed by atoms with Crippen molar-refractivity contribution in [2.75, 3.05) is 5.73 Å². The first-order chi connectivity index (χ1) is 8.29. The fourth-order valence-corrected chi connectivity index (χ4v) is 2.09. The maximum atomic E-state index is 12.5. The van der Waals surface area contributed by atoms with Crippen molar-refractivity contribution in [2.45, 2.75) is 6.18 Å². The Balaban J connectivity index is 2.58. The molecule has 3 N–H and O–H groups in total. The summed E-state index contributed by atoms with van der Waals surface area (Å²) in [5.41, 5.74) is 4.70. The fraction of sp³-hybridized carbons (Fsp3) is 0.100. The predicted molar refractivity (Wildman–Crippen MR) is 63.5 cm³/mol. The third-order valence-electron chi connectivity index (χ3n) is 2.20. The molecule has 0 spiro atoms. The first-order valence-corrected chi connectivity index (χ1v) is 5.41. The molecule has 8 heteroatoms. The van der Waals surface area contributed by atoms with Gasteiger partial charge in [-0.1, -0.05) is 23.2 Å². The van der Waals surface area contributed by atoms with Gasteiger partial charge in [-0.3, -0.25) is 0 Å². The van der Waals surface area contributed by atoms with Gasteiger partial charge in [0, 0.05) is 0 Å². The van der Waals surface area contributed by atoms with Gasteiger partial charge in [-0.15, -0.1) is 0 Å². The van der Waals surface area contributed by atoms with Crippen molar-refractivity contribution in [3.05, 3.63) is 33.9 Å². The maximum absolute atomic E-state index is 12.5. The van der Waals surface area contributed by atoms with Crippen molar-refractivity contribution in [1.29, 1.82) is 0 Å². The van der Waals surface area contributed by atoms with Crippen molar-refractivity contribution in [3.63, 3.8) is 0 Å². The van der Waals surface area contributed by atoms with E-state index in [1.54, 1.807) is 0 Å². The van der Waals surface area contributed by atoms with Crippen molar-refractivity contribution < 1.29 is 13.2 Å². The number of imidazole rings is 1. The molecule has 96 valence electrons. The molecule has 1 aromatic carbocycles. The number of hydrogen-bond donors (Lipinski definition) is 2. The maximum Gasteiger partial charge on any atom is 0.416 e. The monoisotopic (exact) mass is 295 g/mol. The summed E-state index contributed by atoms with van der Waals surface area (Å²) in [6, 6.07) is 1.59. The zero-order valence-electron chi connectivity index (χ0n) is 8.65. The molecule has 0 saturated carbocycles. The molecule has 0 aliphatic heterocycles. The second-order valence-electron chi connectivity index (χ2n) is 3.50. The van der Waals surface area contributed by atoms with Crippen LogP contribution in [0.5, 0.6) is 0 Å². The van der Waals surface area contributed by atoms with Crippen LogP contribution in [0.3, 0.4) is 0 Å². The van der Waals surface area contributed by atoms with Crippen LogP contribution in [0.1, 0.15) is 5.56 Å². The topological polar surface area (TPSA) is 54.7 Å². The standard InChI is InChI=1S/C10H6Cl2F3N3/c11-5-1-4(10(13,14)15)2-6(12)8(5)9-17-3-7(16)18-9/h1-3H,16H2,(H,17,18). The van der Waals surface area contributed by atoms with E-state index < -0.39 is 11.7 Å². The number of aromatic amines is 1. The molecule has 0 atom stereocenters. The van der Waals surface area contributed by atoms with Gasteiger partial charge in [-0.05, 0) is 12.1 Å². The van der Waals surface area contributed by atoms with E-state index in [0.29, 0.717) is 0 Å². The van der Waals surface area contributed by atoms with Crippen LogP contribution < -0.4 is 5.73 Å². The molecule has 1 heterocycles. The number of H-pyrrole nitrogens is 1. The predicted octanol–water partition coefficient (Wildman–Crippen LogP) is 3.98. The third kappa shape index (κ3) is 2.39. The average molecular weight is 296 g/mol. The molecule has 18 heavy (non-hydrogen) atoms. The minimum absolute atomic E-state index is 0.149. The lowest BCUT2D eigenvalue weighted by Gasteiger charge is -2.10. The molecule has 1 aromatic heterocycles. The fourth-order valence-electron chi connectivity index (χ4n) is 1.43. The molecule has 0 aliphatic carbocycles. The Hall–Kier alpha value is -1.40. The number of benzene rings is 1. The lowest BCUT2D eigenvalue weighted by atomic mass is 10.1. The Labute approximate surface area is 110 Å². The number of rotatable bonds is 1. The van der Waals surface area contributed by atoms with Crippen LogP contribution in [-0.4, -0.2) is 9.97 Å². The second kappa shape index (κ2) is 4.37. The van der Waals surface area contributed by atoms with Crippen LogP contribution in [0.2, 0.25) is 10.0 Å². The molecule has 0 unspecified atom stereocenters. The first kappa shape index (κ1) is 13.0. The Morgan fingerprint density at radius 3 is 2.11 bits per heavy atom.